The second-order valence-electron chi connectivity index (χ2n) is 7.98. The van der Waals surface area contributed by atoms with E-state index < -0.39 is 40.9 Å². The Morgan fingerprint density at radius 2 is 1.72 bits per heavy atom. The van der Waals surface area contributed by atoms with E-state index in [1.54, 1.807) is 55.6 Å². The van der Waals surface area contributed by atoms with Crippen LogP contribution < -0.4 is 14.5 Å². The van der Waals surface area contributed by atoms with Gasteiger partial charge in [-0.2, -0.15) is 0 Å². The third-order valence-electron chi connectivity index (χ3n) is 6.64. The van der Waals surface area contributed by atoms with Crippen molar-refractivity contribution in [1.29, 1.82) is 0 Å². The third kappa shape index (κ3) is 2.26. The average molecular weight is 432 g/mol. The Morgan fingerprint density at radius 3 is 2.38 bits per heavy atom. The van der Waals surface area contributed by atoms with Gasteiger partial charge in [-0.15, -0.1) is 0 Å². The number of hydrogen-bond acceptors (Lipinski definition) is 6. The summed E-state index contributed by atoms with van der Waals surface area (Å²) >= 11 is 0. The van der Waals surface area contributed by atoms with Gasteiger partial charge in [0.25, 0.3) is 0 Å². The topological polar surface area (TPSA) is 93.2 Å². The zero-order valence-electron chi connectivity index (χ0n) is 17.7. The van der Waals surface area contributed by atoms with E-state index in [1.807, 2.05) is 0 Å². The van der Waals surface area contributed by atoms with E-state index in [2.05, 4.69) is 0 Å². The zero-order valence-corrected chi connectivity index (χ0v) is 17.7. The molecule has 2 aliphatic heterocycles. The van der Waals surface area contributed by atoms with Crippen molar-refractivity contribution in [3.63, 3.8) is 0 Å². The molecule has 8 nitrogen and oxygen atoms in total. The molecule has 2 aromatic carbocycles. The number of methoxy groups -OCH3 is 2. The second-order valence-corrected chi connectivity index (χ2v) is 7.98. The van der Waals surface area contributed by atoms with Crippen LogP contribution in [0.25, 0.3) is 0 Å². The monoisotopic (exact) mass is 432 g/mol. The molecule has 3 amide bonds. The standard InChI is InChI=1S/C24H20N2O6/c1-25-18-10-9-14(31-2)11-16(18)24(23(25)30)17(22(29)32-3)12-15-19(24)21(28)26(20(15)27)13-7-5-4-6-8-13/h4-12,15,19H,1-3H3/t15-,19+,24+/m0/s1. The molecule has 0 saturated carbocycles. The van der Waals surface area contributed by atoms with Gasteiger partial charge in [0.15, 0.2) is 0 Å². The predicted octanol–water partition coefficient (Wildman–Crippen LogP) is 1.83. The van der Waals surface area contributed by atoms with Crippen LogP contribution in [0.2, 0.25) is 0 Å². The molecule has 0 aromatic heterocycles. The van der Waals surface area contributed by atoms with Crippen LogP contribution in [0, 0.1) is 11.8 Å². The number of fused-ring (bicyclic) bond motifs is 4. The lowest BCUT2D eigenvalue weighted by molar-refractivity contribution is -0.139. The summed E-state index contributed by atoms with van der Waals surface area (Å²) in [7, 11) is 4.28. The highest BCUT2D eigenvalue weighted by molar-refractivity contribution is 6.29. The van der Waals surface area contributed by atoms with Crippen LogP contribution in [-0.4, -0.2) is 45.0 Å². The van der Waals surface area contributed by atoms with E-state index in [4.69, 9.17) is 9.47 Å². The van der Waals surface area contributed by atoms with E-state index in [-0.39, 0.29) is 5.57 Å². The van der Waals surface area contributed by atoms with Crippen molar-refractivity contribution in [3.8, 4) is 5.75 Å². The Bertz CT molecular complexity index is 1220. The third-order valence-corrected chi connectivity index (χ3v) is 6.64. The van der Waals surface area contributed by atoms with Crippen LogP contribution in [0.15, 0.2) is 60.2 Å². The Labute approximate surface area is 184 Å². The van der Waals surface area contributed by atoms with Crippen molar-refractivity contribution < 1.29 is 28.7 Å². The van der Waals surface area contributed by atoms with Crippen molar-refractivity contribution in [2.24, 2.45) is 11.8 Å². The summed E-state index contributed by atoms with van der Waals surface area (Å²) in [5.41, 5.74) is -0.251. The maximum Gasteiger partial charge on any atom is 0.334 e. The highest BCUT2D eigenvalue weighted by Crippen LogP contribution is 2.60. The van der Waals surface area contributed by atoms with Gasteiger partial charge in [0.05, 0.1) is 37.3 Å². The number of imide groups is 1. The number of nitrogens with zero attached hydrogens (tertiary/aromatic N) is 2. The number of amides is 3. The van der Waals surface area contributed by atoms with Crippen LogP contribution in [0.5, 0.6) is 5.75 Å². The SMILES string of the molecule is COC(=O)C1=C[C@@H]2C(=O)N(c3ccccc3)C(=O)[C@@H]2[C@]12C(=O)N(C)c1ccc(OC)cc12. The molecule has 2 aromatic rings. The largest absolute Gasteiger partial charge is 0.497 e. The summed E-state index contributed by atoms with van der Waals surface area (Å²) in [5, 5.41) is 0. The number of ether oxygens (including phenoxy) is 2. The summed E-state index contributed by atoms with van der Waals surface area (Å²) in [6.07, 6.45) is 1.43. The van der Waals surface area contributed by atoms with Gasteiger partial charge >= 0.3 is 5.97 Å². The lowest BCUT2D eigenvalue weighted by Crippen LogP contribution is -2.49. The molecule has 1 fully saturated rings. The predicted molar refractivity (Wildman–Crippen MR) is 114 cm³/mol. The fourth-order valence-electron chi connectivity index (χ4n) is 5.26. The molecule has 0 radical (unpaired) electrons. The quantitative estimate of drug-likeness (QED) is 0.543. The lowest BCUT2D eigenvalue weighted by Gasteiger charge is -2.31. The molecule has 3 aliphatic rings. The Hall–Kier alpha value is -3.94. The van der Waals surface area contributed by atoms with Crippen LogP contribution in [0.3, 0.4) is 0 Å². The highest BCUT2D eigenvalue weighted by atomic mass is 16.5. The van der Waals surface area contributed by atoms with E-state index >= 15 is 0 Å². The van der Waals surface area contributed by atoms with Gasteiger partial charge < -0.3 is 14.4 Å². The number of benzene rings is 2. The molecular formula is C24H20N2O6. The van der Waals surface area contributed by atoms with Gasteiger partial charge in [-0.3, -0.25) is 14.4 Å². The number of rotatable bonds is 3. The number of likely N-dealkylation sites (N-methyl/N-ethyl adjacent to an activating group) is 1. The Morgan fingerprint density at radius 1 is 1.00 bits per heavy atom. The van der Waals surface area contributed by atoms with E-state index in [9.17, 15) is 19.2 Å². The maximum absolute atomic E-state index is 13.8. The summed E-state index contributed by atoms with van der Waals surface area (Å²) in [5.74, 6) is -3.81. The van der Waals surface area contributed by atoms with Crippen LogP contribution in [-0.2, 0) is 29.3 Å². The van der Waals surface area contributed by atoms with E-state index in [1.165, 1.54) is 25.2 Å². The van der Waals surface area contributed by atoms with Gasteiger partial charge in [-0.25, -0.2) is 9.69 Å². The molecule has 1 spiro atoms. The first-order chi connectivity index (χ1) is 15.4. The first kappa shape index (κ1) is 20.0. The van der Waals surface area contributed by atoms with Crippen molar-refractivity contribution in [2.75, 3.05) is 31.1 Å². The average Bonchev–Trinajstić information content (AvgIpc) is 3.38. The normalized spacial score (nSPS) is 25.8. The van der Waals surface area contributed by atoms with Gasteiger partial charge in [-0.05, 0) is 30.3 Å². The molecule has 0 bridgehead atoms. The van der Waals surface area contributed by atoms with Crippen molar-refractivity contribution in [3.05, 3.63) is 65.7 Å². The molecule has 162 valence electrons. The fourth-order valence-corrected chi connectivity index (χ4v) is 5.26. The summed E-state index contributed by atoms with van der Waals surface area (Å²) < 4.78 is 10.3. The number of hydrogen-bond donors (Lipinski definition) is 0. The molecule has 3 atom stereocenters. The lowest BCUT2D eigenvalue weighted by atomic mass is 9.67. The minimum atomic E-state index is -1.67. The smallest absolute Gasteiger partial charge is 0.334 e. The van der Waals surface area contributed by atoms with Crippen molar-refractivity contribution in [2.45, 2.75) is 5.41 Å². The molecule has 8 heteroatoms. The second kappa shape index (κ2) is 6.78. The number of carbonyl (C=O) groups excluding carboxylic acids is 4. The Kier molecular flexibility index (Phi) is 4.24. The zero-order chi connectivity index (χ0) is 22.8. The number of esters is 1. The van der Waals surface area contributed by atoms with Crippen LogP contribution in [0.4, 0.5) is 11.4 Å². The number of carbonyl (C=O) groups is 4. The van der Waals surface area contributed by atoms with Gasteiger partial charge in [-0.1, -0.05) is 24.3 Å². The van der Waals surface area contributed by atoms with E-state index in [0.717, 1.165) is 4.90 Å². The molecule has 0 N–H and O–H groups in total. The molecule has 1 saturated heterocycles. The van der Waals surface area contributed by atoms with Crippen LogP contribution in [0.1, 0.15) is 5.56 Å². The molecule has 2 heterocycles. The molecule has 0 unspecified atom stereocenters. The summed E-state index contributed by atoms with van der Waals surface area (Å²) in [6.45, 7) is 0. The summed E-state index contributed by atoms with van der Waals surface area (Å²) in [4.78, 5) is 56.3. The summed E-state index contributed by atoms with van der Waals surface area (Å²) in [6, 6.07) is 13.6. The molecule has 32 heavy (non-hydrogen) atoms. The number of para-hydroxylation sites is 1. The number of anilines is 2. The first-order valence-corrected chi connectivity index (χ1v) is 10.1. The van der Waals surface area contributed by atoms with Crippen molar-refractivity contribution in [1.82, 2.24) is 0 Å². The Balaban J connectivity index is 1.78. The minimum Gasteiger partial charge on any atom is -0.497 e. The van der Waals surface area contributed by atoms with Gasteiger partial charge in [0.2, 0.25) is 17.7 Å². The van der Waals surface area contributed by atoms with E-state index in [0.29, 0.717) is 22.7 Å². The highest BCUT2D eigenvalue weighted by Gasteiger charge is 2.71. The van der Waals surface area contributed by atoms with Crippen LogP contribution >= 0.6 is 0 Å². The molecule has 5 rings (SSSR count). The van der Waals surface area contributed by atoms with Crippen molar-refractivity contribution >= 4 is 35.1 Å². The first-order valence-electron chi connectivity index (χ1n) is 10.1. The maximum atomic E-state index is 13.8. The molecular weight excluding hydrogens is 412 g/mol. The minimum absolute atomic E-state index is 0.00765. The molecule has 1 aliphatic carbocycles. The van der Waals surface area contributed by atoms with Gasteiger partial charge in [0.1, 0.15) is 11.2 Å². The fraction of sp³-hybridized carbons (Fsp3) is 0.250. The van der Waals surface area contributed by atoms with Gasteiger partial charge in [0, 0.05) is 18.3 Å².